The Balaban J connectivity index is 2.00. The van der Waals surface area contributed by atoms with Crippen LogP contribution in [-0.2, 0) is 13.2 Å². The molecule has 0 spiro atoms. The highest BCUT2D eigenvalue weighted by Gasteiger charge is 2.03. The Morgan fingerprint density at radius 3 is 2.74 bits per heavy atom. The summed E-state index contributed by atoms with van der Waals surface area (Å²) in [4.78, 5) is 1.96. The van der Waals surface area contributed by atoms with Gasteiger partial charge < -0.3 is 14.9 Å². The second kappa shape index (κ2) is 6.95. The lowest BCUT2D eigenvalue weighted by Crippen LogP contribution is -1.96. The van der Waals surface area contributed by atoms with Crippen molar-refractivity contribution in [1.82, 2.24) is 0 Å². The van der Waals surface area contributed by atoms with E-state index in [-0.39, 0.29) is 13.2 Å². The van der Waals surface area contributed by atoms with Gasteiger partial charge in [0.1, 0.15) is 19.0 Å². The Morgan fingerprint density at radius 1 is 1.11 bits per heavy atom. The largest absolute Gasteiger partial charge is 0.488 e. The van der Waals surface area contributed by atoms with Crippen LogP contribution in [0.5, 0.6) is 5.75 Å². The van der Waals surface area contributed by atoms with E-state index in [0.29, 0.717) is 12.4 Å². The predicted molar refractivity (Wildman–Crippen MR) is 75.0 cm³/mol. The Kier molecular flexibility index (Phi) is 4.99. The van der Waals surface area contributed by atoms with Gasteiger partial charge in [-0.25, -0.2) is 0 Å². The summed E-state index contributed by atoms with van der Waals surface area (Å²) in [6, 6.07) is 11.3. The molecule has 0 aliphatic rings. The van der Waals surface area contributed by atoms with Crippen LogP contribution in [0.25, 0.3) is 0 Å². The third-order valence-corrected chi connectivity index (χ3v) is 3.44. The highest BCUT2D eigenvalue weighted by atomic mass is 32.1. The van der Waals surface area contributed by atoms with Crippen molar-refractivity contribution < 1.29 is 14.9 Å². The third kappa shape index (κ3) is 3.83. The Morgan fingerprint density at radius 2 is 1.95 bits per heavy atom. The number of hydrogen-bond donors (Lipinski definition) is 2. The molecule has 0 unspecified atom stereocenters. The Hall–Kier alpha value is -1.80. The van der Waals surface area contributed by atoms with E-state index in [1.807, 2.05) is 36.4 Å². The summed E-state index contributed by atoms with van der Waals surface area (Å²) >= 11 is 1.53. The van der Waals surface area contributed by atoms with Crippen molar-refractivity contribution in [3.63, 3.8) is 0 Å². The molecule has 0 fully saturated rings. The van der Waals surface area contributed by atoms with E-state index in [0.717, 1.165) is 15.3 Å². The van der Waals surface area contributed by atoms with Crippen molar-refractivity contribution in [2.45, 2.75) is 13.2 Å². The fourth-order valence-corrected chi connectivity index (χ4v) is 2.37. The summed E-state index contributed by atoms with van der Waals surface area (Å²) < 4.78 is 5.68. The van der Waals surface area contributed by atoms with Crippen molar-refractivity contribution in [3.8, 4) is 17.6 Å². The number of para-hydroxylation sites is 1. The summed E-state index contributed by atoms with van der Waals surface area (Å²) in [5, 5.41) is 17.8. The van der Waals surface area contributed by atoms with Crippen molar-refractivity contribution in [3.05, 3.63) is 51.7 Å². The number of thiophene rings is 1. The monoisotopic (exact) mass is 274 g/mol. The van der Waals surface area contributed by atoms with E-state index in [4.69, 9.17) is 9.84 Å². The summed E-state index contributed by atoms with van der Waals surface area (Å²) in [7, 11) is 0. The number of hydrogen-bond acceptors (Lipinski definition) is 4. The molecule has 2 aromatic rings. The molecule has 2 rings (SSSR count). The summed E-state index contributed by atoms with van der Waals surface area (Å²) in [6.45, 7) is 0.282. The molecule has 1 heterocycles. The fourth-order valence-electron chi connectivity index (χ4n) is 1.57. The summed E-state index contributed by atoms with van der Waals surface area (Å²) in [5.41, 5.74) is 0.777. The molecule has 0 atom stereocenters. The van der Waals surface area contributed by atoms with Gasteiger partial charge in [-0.15, -0.1) is 11.3 Å². The maximum Gasteiger partial charge on any atom is 0.125 e. The molecule has 4 heteroatoms. The lowest BCUT2D eigenvalue weighted by molar-refractivity contribution is 0.260. The first kappa shape index (κ1) is 13.6. The van der Waals surface area contributed by atoms with Gasteiger partial charge in [0.2, 0.25) is 0 Å². The van der Waals surface area contributed by atoms with E-state index in [1.54, 1.807) is 0 Å². The van der Waals surface area contributed by atoms with Gasteiger partial charge >= 0.3 is 0 Å². The van der Waals surface area contributed by atoms with Crippen LogP contribution in [0.1, 0.15) is 15.3 Å². The van der Waals surface area contributed by atoms with Gasteiger partial charge in [0.25, 0.3) is 0 Å². The zero-order valence-corrected chi connectivity index (χ0v) is 11.1. The SMILES string of the molecule is OCC#Cc1ccc(COc2ccccc2CO)s1. The molecule has 98 valence electrons. The quantitative estimate of drug-likeness (QED) is 0.840. The van der Waals surface area contributed by atoms with E-state index < -0.39 is 0 Å². The lowest BCUT2D eigenvalue weighted by atomic mass is 10.2. The maximum atomic E-state index is 9.20. The second-order valence-electron chi connectivity index (χ2n) is 3.78. The molecule has 0 saturated carbocycles. The minimum atomic E-state index is -0.131. The number of rotatable bonds is 4. The molecule has 0 bridgehead atoms. The van der Waals surface area contributed by atoms with Crippen LogP contribution in [0.2, 0.25) is 0 Å². The van der Waals surface area contributed by atoms with E-state index in [9.17, 15) is 5.11 Å². The summed E-state index contributed by atoms with van der Waals surface area (Å²) in [6.07, 6.45) is 0. The van der Waals surface area contributed by atoms with Crippen molar-refractivity contribution >= 4 is 11.3 Å². The van der Waals surface area contributed by atoms with Crippen LogP contribution >= 0.6 is 11.3 Å². The maximum absolute atomic E-state index is 9.20. The van der Waals surface area contributed by atoms with E-state index >= 15 is 0 Å². The molecule has 3 nitrogen and oxygen atoms in total. The smallest absolute Gasteiger partial charge is 0.125 e. The van der Waals surface area contributed by atoms with Gasteiger partial charge in [-0.3, -0.25) is 0 Å². The van der Waals surface area contributed by atoms with Crippen molar-refractivity contribution in [1.29, 1.82) is 0 Å². The number of aliphatic hydroxyl groups excluding tert-OH is 2. The number of aliphatic hydroxyl groups is 2. The first-order chi connectivity index (χ1) is 9.33. The topological polar surface area (TPSA) is 49.7 Å². The molecule has 0 saturated heterocycles. The summed E-state index contributed by atoms with van der Waals surface area (Å²) in [5.74, 6) is 6.17. The molecular weight excluding hydrogens is 260 g/mol. The Bertz CT molecular complexity index is 593. The van der Waals surface area contributed by atoms with Crippen LogP contribution in [0.15, 0.2) is 36.4 Å². The van der Waals surface area contributed by atoms with E-state index in [1.165, 1.54) is 11.3 Å². The molecular formula is C15H14O3S. The highest BCUT2D eigenvalue weighted by molar-refractivity contribution is 7.12. The Labute approximate surface area is 116 Å². The molecule has 1 aromatic heterocycles. The lowest BCUT2D eigenvalue weighted by Gasteiger charge is -2.08. The van der Waals surface area contributed by atoms with Crippen LogP contribution in [-0.4, -0.2) is 16.8 Å². The van der Waals surface area contributed by atoms with Crippen molar-refractivity contribution in [2.24, 2.45) is 0 Å². The fraction of sp³-hybridized carbons (Fsp3) is 0.200. The molecule has 0 aliphatic heterocycles. The van der Waals surface area contributed by atoms with Gasteiger partial charge in [0.05, 0.1) is 11.5 Å². The molecule has 19 heavy (non-hydrogen) atoms. The van der Waals surface area contributed by atoms with Crippen LogP contribution in [0, 0.1) is 11.8 Å². The van der Waals surface area contributed by atoms with Crippen LogP contribution < -0.4 is 4.74 Å². The molecule has 0 amide bonds. The molecule has 0 aliphatic carbocycles. The first-order valence-corrected chi connectivity index (χ1v) is 6.65. The normalized spacial score (nSPS) is 9.79. The van der Waals surface area contributed by atoms with Gasteiger partial charge in [-0.2, -0.15) is 0 Å². The van der Waals surface area contributed by atoms with Crippen molar-refractivity contribution in [2.75, 3.05) is 6.61 Å². The molecule has 0 radical (unpaired) electrons. The first-order valence-electron chi connectivity index (χ1n) is 5.83. The van der Waals surface area contributed by atoms with E-state index in [2.05, 4.69) is 11.8 Å². The predicted octanol–water partition coefficient (Wildman–Crippen LogP) is 2.16. The zero-order valence-electron chi connectivity index (χ0n) is 10.3. The highest BCUT2D eigenvalue weighted by Crippen LogP contribution is 2.21. The minimum Gasteiger partial charge on any atom is -0.488 e. The standard InChI is InChI=1S/C15H14O3S/c16-9-3-5-13-7-8-14(19-13)11-18-15-6-2-1-4-12(15)10-17/h1-2,4,6-8,16-17H,9-11H2. The average Bonchev–Trinajstić information content (AvgIpc) is 2.91. The zero-order chi connectivity index (χ0) is 13.5. The van der Waals surface area contributed by atoms with Crippen LogP contribution in [0.4, 0.5) is 0 Å². The number of ether oxygens (including phenoxy) is 1. The van der Waals surface area contributed by atoms with Crippen LogP contribution in [0.3, 0.4) is 0 Å². The average molecular weight is 274 g/mol. The number of benzene rings is 1. The molecule has 1 aromatic carbocycles. The van der Waals surface area contributed by atoms with Gasteiger partial charge in [-0.1, -0.05) is 30.0 Å². The third-order valence-electron chi connectivity index (χ3n) is 2.47. The van der Waals surface area contributed by atoms with Gasteiger partial charge in [0, 0.05) is 10.4 Å². The minimum absolute atomic E-state index is 0.0339. The molecule has 2 N–H and O–H groups in total. The van der Waals surface area contributed by atoms with Gasteiger partial charge in [0.15, 0.2) is 0 Å². The second-order valence-corrected chi connectivity index (χ2v) is 4.95. The van der Waals surface area contributed by atoms with Gasteiger partial charge in [-0.05, 0) is 18.2 Å².